The molecule has 1 aromatic carbocycles. The number of sulfonamides is 1. The van der Waals surface area contributed by atoms with Gasteiger partial charge in [0.15, 0.2) is 0 Å². The number of hydrogen-bond acceptors (Lipinski definition) is 6. The molecule has 2 aromatic heterocycles. The second kappa shape index (κ2) is 7.11. The minimum absolute atomic E-state index is 0.132. The Labute approximate surface area is 154 Å². The smallest absolute Gasteiger partial charge is 0.271 e. The fraction of sp³-hybridized carbons (Fsp3) is 0.118. The van der Waals surface area contributed by atoms with Gasteiger partial charge in [0.2, 0.25) is 0 Å². The van der Waals surface area contributed by atoms with Crippen molar-refractivity contribution < 1.29 is 8.42 Å². The summed E-state index contributed by atoms with van der Waals surface area (Å²) in [6, 6.07) is 12.6. The van der Waals surface area contributed by atoms with Crippen LogP contribution in [0.5, 0.6) is 0 Å². The Morgan fingerprint density at radius 1 is 1.23 bits per heavy atom. The van der Waals surface area contributed by atoms with E-state index in [0.717, 1.165) is 11.3 Å². The van der Waals surface area contributed by atoms with E-state index in [4.69, 9.17) is 5.26 Å². The van der Waals surface area contributed by atoms with Crippen LogP contribution in [0.15, 0.2) is 56.8 Å². The van der Waals surface area contributed by atoms with Crippen LogP contribution >= 0.6 is 11.3 Å². The summed E-state index contributed by atoms with van der Waals surface area (Å²) in [7, 11) is -3.75. The summed E-state index contributed by atoms with van der Waals surface area (Å²) in [6.45, 7) is 2.24. The summed E-state index contributed by atoms with van der Waals surface area (Å²) < 4.78 is 29.0. The largest absolute Gasteiger partial charge is 0.279 e. The van der Waals surface area contributed by atoms with Gasteiger partial charge >= 0.3 is 0 Å². The standard InChI is InChI=1S/C17H14N4O3S2/c1-2-21-16(22)8-7-15(19-21)13-9-17(25-11-13)26(23,24)20-14-5-3-12(10-18)4-6-14/h3-9,11,20H,2H2,1H3. The van der Waals surface area contributed by atoms with E-state index >= 15 is 0 Å². The first-order chi connectivity index (χ1) is 12.4. The Bertz CT molecular complexity index is 1140. The third kappa shape index (κ3) is 3.66. The number of hydrogen-bond donors (Lipinski definition) is 1. The van der Waals surface area contributed by atoms with Crippen molar-refractivity contribution in [3.05, 3.63) is 63.8 Å². The number of nitriles is 1. The molecule has 0 fully saturated rings. The average Bonchev–Trinajstić information content (AvgIpc) is 3.13. The quantitative estimate of drug-likeness (QED) is 0.726. The molecule has 132 valence electrons. The van der Waals surface area contributed by atoms with E-state index in [-0.39, 0.29) is 9.77 Å². The third-order valence-electron chi connectivity index (χ3n) is 3.57. The van der Waals surface area contributed by atoms with E-state index < -0.39 is 10.0 Å². The van der Waals surface area contributed by atoms with Crippen LogP contribution in [0, 0.1) is 11.3 Å². The highest BCUT2D eigenvalue weighted by Crippen LogP contribution is 2.28. The minimum atomic E-state index is -3.75. The molecule has 1 N–H and O–H groups in total. The molecule has 9 heteroatoms. The molecule has 0 aliphatic heterocycles. The summed E-state index contributed by atoms with van der Waals surface area (Å²) in [5, 5.41) is 14.7. The molecule has 0 bridgehead atoms. The maximum absolute atomic E-state index is 12.5. The molecule has 0 amide bonds. The lowest BCUT2D eigenvalue weighted by molar-refractivity contribution is 0.603. The van der Waals surface area contributed by atoms with Crippen LogP contribution < -0.4 is 10.3 Å². The van der Waals surface area contributed by atoms with Crippen molar-refractivity contribution in [2.75, 3.05) is 4.72 Å². The topological polar surface area (TPSA) is 105 Å². The van der Waals surface area contributed by atoms with Gasteiger partial charge in [-0.3, -0.25) is 9.52 Å². The highest BCUT2D eigenvalue weighted by molar-refractivity contribution is 7.94. The number of thiophene rings is 1. The van der Waals surface area contributed by atoms with Gasteiger partial charge in [0.1, 0.15) is 4.21 Å². The van der Waals surface area contributed by atoms with Crippen LogP contribution in [0.3, 0.4) is 0 Å². The van der Waals surface area contributed by atoms with Crippen molar-refractivity contribution in [1.82, 2.24) is 9.78 Å². The van der Waals surface area contributed by atoms with E-state index in [1.54, 1.807) is 11.4 Å². The fourth-order valence-electron chi connectivity index (χ4n) is 2.24. The molecular weight excluding hydrogens is 372 g/mol. The molecule has 7 nitrogen and oxygen atoms in total. The van der Waals surface area contributed by atoms with E-state index in [9.17, 15) is 13.2 Å². The molecule has 0 spiro atoms. The third-order valence-corrected chi connectivity index (χ3v) is 6.39. The van der Waals surface area contributed by atoms with Gasteiger partial charge < -0.3 is 0 Å². The van der Waals surface area contributed by atoms with Crippen molar-refractivity contribution in [1.29, 1.82) is 5.26 Å². The Balaban J connectivity index is 1.88. The number of anilines is 1. The molecule has 3 rings (SSSR count). The number of nitrogens with one attached hydrogen (secondary N) is 1. The Morgan fingerprint density at radius 2 is 1.96 bits per heavy atom. The molecule has 0 aliphatic rings. The molecular formula is C17H14N4O3S2. The number of aromatic nitrogens is 2. The lowest BCUT2D eigenvalue weighted by atomic mass is 10.2. The van der Waals surface area contributed by atoms with Gasteiger partial charge in [0.05, 0.1) is 17.3 Å². The molecule has 0 unspecified atom stereocenters. The van der Waals surface area contributed by atoms with Crippen LogP contribution in [0.25, 0.3) is 11.3 Å². The van der Waals surface area contributed by atoms with Crippen molar-refractivity contribution in [2.45, 2.75) is 17.7 Å². The molecule has 0 atom stereocenters. The van der Waals surface area contributed by atoms with Gasteiger partial charge in [-0.05, 0) is 43.3 Å². The first-order valence-electron chi connectivity index (χ1n) is 7.63. The SMILES string of the molecule is CCn1nc(-c2csc(S(=O)(=O)Nc3ccc(C#N)cc3)c2)ccc1=O. The first kappa shape index (κ1) is 17.8. The highest BCUT2D eigenvalue weighted by atomic mass is 32.2. The summed E-state index contributed by atoms with van der Waals surface area (Å²) in [5.41, 5.74) is 1.77. The second-order valence-corrected chi connectivity index (χ2v) is 8.14. The number of nitrogens with zero attached hydrogens (tertiary/aromatic N) is 3. The predicted molar refractivity (Wildman–Crippen MR) is 99.4 cm³/mol. The maximum Gasteiger partial charge on any atom is 0.271 e. The van der Waals surface area contributed by atoms with Crippen LogP contribution in [0.2, 0.25) is 0 Å². The zero-order chi connectivity index (χ0) is 18.7. The molecule has 2 heterocycles. The summed E-state index contributed by atoms with van der Waals surface area (Å²) >= 11 is 1.07. The van der Waals surface area contributed by atoms with Gasteiger partial charge in [-0.15, -0.1) is 11.3 Å². The lowest BCUT2D eigenvalue weighted by Gasteiger charge is -2.06. The van der Waals surface area contributed by atoms with E-state index in [1.165, 1.54) is 41.1 Å². The highest BCUT2D eigenvalue weighted by Gasteiger charge is 2.18. The summed E-state index contributed by atoms with van der Waals surface area (Å²) in [4.78, 5) is 11.6. The molecule has 0 aliphatic carbocycles. The van der Waals surface area contributed by atoms with Crippen LogP contribution in [0.4, 0.5) is 5.69 Å². The average molecular weight is 386 g/mol. The molecule has 26 heavy (non-hydrogen) atoms. The van der Waals surface area contributed by atoms with Crippen molar-refractivity contribution in [2.24, 2.45) is 0 Å². The van der Waals surface area contributed by atoms with Crippen LogP contribution in [0.1, 0.15) is 12.5 Å². The van der Waals surface area contributed by atoms with E-state index in [2.05, 4.69) is 9.82 Å². The van der Waals surface area contributed by atoms with Gasteiger partial charge in [-0.2, -0.15) is 10.4 Å². The number of benzene rings is 1. The Morgan fingerprint density at radius 3 is 2.62 bits per heavy atom. The summed E-state index contributed by atoms with van der Waals surface area (Å²) in [6.07, 6.45) is 0. The van der Waals surface area contributed by atoms with Crippen LogP contribution in [-0.2, 0) is 16.6 Å². The summed E-state index contributed by atoms with van der Waals surface area (Å²) in [5.74, 6) is 0. The van der Waals surface area contributed by atoms with Gasteiger partial charge in [-0.1, -0.05) is 0 Å². The van der Waals surface area contributed by atoms with Crippen LogP contribution in [-0.4, -0.2) is 18.2 Å². The second-order valence-electron chi connectivity index (χ2n) is 5.32. The van der Waals surface area contributed by atoms with Gasteiger partial charge in [0.25, 0.3) is 15.6 Å². The van der Waals surface area contributed by atoms with Crippen molar-refractivity contribution >= 4 is 27.0 Å². The van der Waals surface area contributed by atoms with E-state index in [0.29, 0.717) is 29.1 Å². The zero-order valence-electron chi connectivity index (χ0n) is 13.7. The zero-order valence-corrected chi connectivity index (χ0v) is 15.3. The lowest BCUT2D eigenvalue weighted by Crippen LogP contribution is -2.20. The van der Waals surface area contributed by atoms with Gasteiger partial charge in [0, 0.05) is 29.2 Å². The predicted octanol–water partition coefficient (Wildman–Crippen LogP) is 2.66. The van der Waals surface area contributed by atoms with Crippen molar-refractivity contribution in [3.8, 4) is 17.3 Å². The molecule has 0 radical (unpaired) electrons. The molecule has 0 saturated heterocycles. The Hall–Kier alpha value is -2.96. The number of aryl methyl sites for hydroxylation is 1. The van der Waals surface area contributed by atoms with Crippen molar-refractivity contribution in [3.63, 3.8) is 0 Å². The fourth-order valence-corrected chi connectivity index (χ4v) is 4.47. The Kier molecular flexibility index (Phi) is 4.88. The monoisotopic (exact) mass is 386 g/mol. The molecule has 3 aromatic rings. The molecule has 0 saturated carbocycles. The van der Waals surface area contributed by atoms with E-state index in [1.807, 2.05) is 13.0 Å². The minimum Gasteiger partial charge on any atom is -0.279 e. The van der Waals surface area contributed by atoms with Gasteiger partial charge in [-0.25, -0.2) is 13.1 Å². The first-order valence-corrected chi connectivity index (χ1v) is 9.99. The normalized spacial score (nSPS) is 11.1. The number of rotatable bonds is 5. The maximum atomic E-state index is 12.5.